The maximum absolute atomic E-state index is 5.39. The molecule has 0 aliphatic rings. The maximum atomic E-state index is 5.39. The summed E-state index contributed by atoms with van der Waals surface area (Å²) in [7, 11) is 1.69. The highest BCUT2D eigenvalue weighted by atomic mass is 32.2. The number of aromatic nitrogens is 1. The van der Waals surface area contributed by atoms with Crippen molar-refractivity contribution >= 4 is 34.4 Å². The molecule has 0 unspecified atom stereocenters. The van der Waals surface area contributed by atoms with Crippen molar-refractivity contribution in [3.05, 3.63) is 52.9 Å². The van der Waals surface area contributed by atoms with Crippen LogP contribution in [0.5, 0.6) is 5.75 Å². The van der Waals surface area contributed by atoms with Crippen LogP contribution in [0.25, 0.3) is 10.6 Å². The molecule has 3 rings (SSSR count). The molecule has 0 saturated heterocycles. The van der Waals surface area contributed by atoms with Gasteiger partial charge in [0.2, 0.25) is 0 Å². The van der Waals surface area contributed by atoms with Gasteiger partial charge in [-0.2, -0.15) is 0 Å². The number of hydrogen-bond acceptors (Lipinski definition) is 5. The highest BCUT2D eigenvalue weighted by molar-refractivity contribution is 8.00. The summed E-state index contributed by atoms with van der Waals surface area (Å²) in [6, 6.07) is 12.2. The van der Waals surface area contributed by atoms with E-state index in [1.54, 1.807) is 29.8 Å². The summed E-state index contributed by atoms with van der Waals surface area (Å²) in [6.45, 7) is 0. The lowest BCUT2D eigenvalue weighted by molar-refractivity contribution is 0.416. The first-order chi connectivity index (χ1) is 9.86. The lowest BCUT2D eigenvalue weighted by Gasteiger charge is -2.04. The van der Waals surface area contributed by atoms with Crippen LogP contribution in [0.15, 0.2) is 51.4 Å². The molecule has 0 saturated carbocycles. The van der Waals surface area contributed by atoms with Gasteiger partial charge in [-0.3, -0.25) is 0 Å². The van der Waals surface area contributed by atoms with E-state index < -0.39 is 0 Å². The molecule has 0 radical (unpaired) electrons. The quantitative estimate of drug-likeness (QED) is 0.605. The second kappa shape index (κ2) is 6.43. The highest BCUT2D eigenvalue weighted by Gasteiger charge is 2.09. The van der Waals surface area contributed by atoms with Crippen LogP contribution in [0.1, 0.15) is 5.69 Å². The Morgan fingerprint density at radius 2 is 2.05 bits per heavy atom. The van der Waals surface area contributed by atoms with E-state index in [1.807, 2.05) is 36.0 Å². The lowest BCUT2D eigenvalue weighted by atomic mass is 10.2. The second-order valence-electron chi connectivity index (χ2n) is 4.07. The zero-order chi connectivity index (χ0) is 13.8. The van der Waals surface area contributed by atoms with Gasteiger partial charge in [-0.1, -0.05) is 18.2 Å². The number of methoxy groups -OCH3 is 1. The van der Waals surface area contributed by atoms with Gasteiger partial charge in [0.1, 0.15) is 10.8 Å². The molecule has 0 fully saturated rings. The molecule has 0 atom stereocenters. The Morgan fingerprint density at radius 1 is 1.15 bits per heavy atom. The van der Waals surface area contributed by atoms with E-state index in [0.29, 0.717) is 0 Å². The van der Waals surface area contributed by atoms with Gasteiger partial charge >= 0.3 is 0 Å². The maximum Gasteiger partial charge on any atom is 0.129 e. The average molecular weight is 319 g/mol. The van der Waals surface area contributed by atoms with Gasteiger partial charge in [0, 0.05) is 11.1 Å². The van der Waals surface area contributed by atoms with Crippen molar-refractivity contribution in [2.24, 2.45) is 0 Å². The van der Waals surface area contributed by atoms with Gasteiger partial charge in [-0.25, -0.2) is 4.98 Å². The van der Waals surface area contributed by atoms with Crippen LogP contribution in [0.4, 0.5) is 0 Å². The Balaban J connectivity index is 1.76. The van der Waals surface area contributed by atoms with Crippen molar-refractivity contribution in [3.8, 4) is 16.3 Å². The van der Waals surface area contributed by atoms with Gasteiger partial charge in [-0.15, -0.1) is 34.4 Å². The first-order valence-electron chi connectivity index (χ1n) is 6.11. The molecule has 3 aromatic rings. The normalized spacial score (nSPS) is 10.7. The fraction of sp³-hybridized carbons (Fsp3) is 0.133. The molecule has 2 heterocycles. The van der Waals surface area contributed by atoms with Crippen molar-refractivity contribution in [2.75, 3.05) is 7.11 Å². The van der Waals surface area contributed by atoms with E-state index in [4.69, 9.17) is 9.72 Å². The summed E-state index contributed by atoms with van der Waals surface area (Å²) < 4.78 is 6.72. The minimum absolute atomic E-state index is 0.874. The first kappa shape index (κ1) is 13.7. The number of nitrogens with zero attached hydrogens (tertiary/aromatic N) is 1. The number of para-hydroxylation sites is 1. The van der Waals surface area contributed by atoms with Crippen molar-refractivity contribution in [2.45, 2.75) is 9.96 Å². The summed E-state index contributed by atoms with van der Waals surface area (Å²) in [6.07, 6.45) is 0. The van der Waals surface area contributed by atoms with E-state index >= 15 is 0 Å². The standard InChI is InChI=1S/C15H13NOS3/c1-17-13-6-3-2-5-12(13)15-16-11(10-20-15)9-19-14-7-4-8-18-14/h2-8,10H,9H2,1H3. The van der Waals surface area contributed by atoms with Crippen LogP contribution < -0.4 is 4.74 Å². The molecule has 0 amide bonds. The number of thioether (sulfide) groups is 1. The Kier molecular flexibility index (Phi) is 4.40. The molecule has 0 aliphatic heterocycles. The summed E-state index contributed by atoms with van der Waals surface area (Å²) in [5.74, 6) is 1.78. The topological polar surface area (TPSA) is 22.1 Å². The molecule has 0 bridgehead atoms. The fourth-order valence-electron chi connectivity index (χ4n) is 1.81. The number of benzene rings is 1. The van der Waals surface area contributed by atoms with E-state index in [0.717, 1.165) is 27.8 Å². The number of hydrogen-bond donors (Lipinski definition) is 0. The molecule has 1 aromatic carbocycles. The zero-order valence-corrected chi connectivity index (χ0v) is 13.4. The Labute approximate surface area is 130 Å². The van der Waals surface area contributed by atoms with Crippen molar-refractivity contribution in [1.82, 2.24) is 4.98 Å². The molecule has 20 heavy (non-hydrogen) atoms. The van der Waals surface area contributed by atoms with Crippen molar-refractivity contribution in [3.63, 3.8) is 0 Å². The van der Waals surface area contributed by atoms with E-state index in [-0.39, 0.29) is 0 Å². The monoisotopic (exact) mass is 319 g/mol. The van der Waals surface area contributed by atoms with Crippen LogP contribution in [0.2, 0.25) is 0 Å². The third-order valence-corrected chi connectivity index (χ3v) is 5.84. The van der Waals surface area contributed by atoms with Gasteiger partial charge < -0.3 is 4.74 Å². The zero-order valence-electron chi connectivity index (χ0n) is 10.9. The third kappa shape index (κ3) is 3.06. The largest absolute Gasteiger partial charge is 0.496 e. The smallest absolute Gasteiger partial charge is 0.129 e. The predicted molar refractivity (Wildman–Crippen MR) is 88.0 cm³/mol. The van der Waals surface area contributed by atoms with Crippen LogP contribution >= 0.6 is 34.4 Å². The average Bonchev–Trinajstić information content (AvgIpc) is 3.16. The molecule has 102 valence electrons. The number of thiophene rings is 1. The molecule has 0 N–H and O–H groups in total. The molecule has 0 aliphatic carbocycles. The minimum atomic E-state index is 0.874. The van der Waals surface area contributed by atoms with E-state index in [2.05, 4.69) is 22.9 Å². The van der Waals surface area contributed by atoms with Gasteiger partial charge in [-0.05, 0) is 23.6 Å². The number of thiazole rings is 1. The van der Waals surface area contributed by atoms with Gasteiger partial charge in [0.25, 0.3) is 0 Å². The van der Waals surface area contributed by atoms with E-state index in [1.165, 1.54) is 4.21 Å². The summed E-state index contributed by atoms with van der Waals surface area (Å²) in [5, 5.41) is 5.25. The highest BCUT2D eigenvalue weighted by Crippen LogP contribution is 2.33. The van der Waals surface area contributed by atoms with Crippen LogP contribution in [0.3, 0.4) is 0 Å². The molecule has 2 aromatic heterocycles. The molecule has 0 spiro atoms. The van der Waals surface area contributed by atoms with Crippen molar-refractivity contribution < 1.29 is 4.74 Å². The lowest BCUT2D eigenvalue weighted by Crippen LogP contribution is -1.87. The van der Waals surface area contributed by atoms with Crippen LogP contribution in [-0.4, -0.2) is 12.1 Å². The van der Waals surface area contributed by atoms with Crippen molar-refractivity contribution in [1.29, 1.82) is 0 Å². The van der Waals surface area contributed by atoms with E-state index in [9.17, 15) is 0 Å². The Bertz CT molecular complexity index is 676. The first-order valence-corrected chi connectivity index (χ1v) is 8.85. The van der Waals surface area contributed by atoms with Crippen LogP contribution in [0, 0.1) is 0 Å². The molecular formula is C15H13NOS3. The molecular weight excluding hydrogens is 306 g/mol. The fourth-order valence-corrected chi connectivity index (χ4v) is 4.44. The molecule has 5 heteroatoms. The third-order valence-electron chi connectivity index (χ3n) is 2.75. The summed E-state index contributed by atoms with van der Waals surface area (Å²) >= 11 is 5.27. The number of rotatable bonds is 5. The van der Waals surface area contributed by atoms with Crippen LogP contribution in [-0.2, 0) is 5.75 Å². The Morgan fingerprint density at radius 3 is 2.85 bits per heavy atom. The number of ether oxygens (including phenoxy) is 1. The second-order valence-corrected chi connectivity index (χ2v) is 7.15. The SMILES string of the molecule is COc1ccccc1-c1nc(CSc2cccs2)cs1. The summed E-state index contributed by atoms with van der Waals surface area (Å²) in [5.41, 5.74) is 2.18. The Hall–Kier alpha value is -1.30. The van der Waals surface area contributed by atoms with Gasteiger partial charge in [0.05, 0.1) is 22.6 Å². The molecule has 2 nitrogen and oxygen atoms in total. The minimum Gasteiger partial charge on any atom is -0.496 e. The predicted octanol–water partition coefficient (Wildman–Crippen LogP) is 5.17. The summed E-state index contributed by atoms with van der Waals surface area (Å²) in [4.78, 5) is 4.71. The van der Waals surface area contributed by atoms with Gasteiger partial charge in [0.15, 0.2) is 0 Å².